The zero-order valence-electron chi connectivity index (χ0n) is 10.0. The Morgan fingerprint density at radius 3 is 2.60 bits per heavy atom. The predicted octanol–water partition coefficient (Wildman–Crippen LogP) is 0.938. The molecule has 0 aromatic heterocycles. The molecular weight excluding hydrogens is 194 g/mol. The highest BCUT2D eigenvalue weighted by molar-refractivity contribution is 5.69. The van der Waals surface area contributed by atoms with Gasteiger partial charge in [0.2, 0.25) is 0 Å². The SMILES string of the molecule is CCOC(=O)CCNCC(C)(CC)CO. The van der Waals surface area contributed by atoms with E-state index in [1.54, 1.807) is 6.92 Å². The maximum absolute atomic E-state index is 11.0. The Morgan fingerprint density at radius 1 is 1.47 bits per heavy atom. The van der Waals surface area contributed by atoms with Gasteiger partial charge in [-0.3, -0.25) is 4.79 Å². The van der Waals surface area contributed by atoms with Crippen molar-refractivity contribution in [2.24, 2.45) is 5.41 Å². The summed E-state index contributed by atoms with van der Waals surface area (Å²) in [4.78, 5) is 11.0. The van der Waals surface area contributed by atoms with Crippen molar-refractivity contribution in [2.75, 3.05) is 26.3 Å². The fraction of sp³-hybridized carbons (Fsp3) is 0.909. The first-order valence-corrected chi connectivity index (χ1v) is 5.55. The third-order valence-electron chi connectivity index (χ3n) is 2.60. The predicted molar refractivity (Wildman–Crippen MR) is 59.6 cm³/mol. The molecule has 0 saturated carbocycles. The Hall–Kier alpha value is -0.610. The molecule has 4 heteroatoms. The molecule has 0 aromatic rings. The van der Waals surface area contributed by atoms with Crippen molar-refractivity contribution >= 4 is 5.97 Å². The van der Waals surface area contributed by atoms with Gasteiger partial charge in [0.05, 0.1) is 13.0 Å². The van der Waals surface area contributed by atoms with Crippen molar-refractivity contribution < 1.29 is 14.6 Å². The van der Waals surface area contributed by atoms with E-state index in [4.69, 9.17) is 9.84 Å². The maximum Gasteiger partial charge on any atom is 0.307 e. The summed E-state index contributed by atoms with van der Waals surface area (Å²) in [6, 6.07) is 0. The highest BCUT2D eigenvalue weighted by atomic mass is 16.5. The average molecular weight is 217 g/mol. The Kier molecular flexibility index (Phi) is 7.34. The molecule has 1 unspecified atom stereocenters. The first-order valence-electron chi connectivity index (χ1n) is 5.55. The summed E-state index contributed by atoms with van der Waals surface area (Å²) < 4.78 is 4.80. The van der Waals surface area contributed by atoms with Gasteiger partial charge in [-0.1, -0.05) is 13.8 Å². The first kappa shape index (κ1) is 14.4. The minimum atomic E-state index is -0.174. The molecule has 0 bridgehead atoms. The number of carbonyl (C=O) groups is 1. The normalized spacial score (nSPS) is 14.7. The van der Waals surface area contributed by atoms with Crippen molar-refractivity contribution in [1.29, 1.82) is 0 Å². The van der Waals surface area contributed by atoms with Gasteiger partial charge in [0, 0.05) is 25.1 Å². The Morgan fingerprint density at radius 2 is 2.13 bits per heavy atom. The highest BCUT2D eigenvalue weighted by Gasteiger charge is 2.20. The van der Waals surface area contributed by atoms with Crippen molar-refractivity contribution in [3.63, 3.8) is 0 Å². The van der Waals surface area contributed by atoms with Gasteiger partial charge in [-0.2, -0.15) is 0 Å². The molecule has 0 spiro atoms. The largest absolute Gasteiger partial charge is 0.466 e. The molecule has 0 aromatic carbocycles. The molecular formula is C11H23NO3. The van der Waals surface area contributed by atoms with Crippen LogP contribution < -0.4 is 5.32 Å². The van der Waals surface area contributed by atoms with E-state index in [0.29, 0.717) is 19.6 Å². The van der Waals surface area contributed by atoms with Crippen molar-refractivity contribution in [2.45, 2.75) is 33.6 Å². The second kappa shape index (κ2) is 7.65. The van der Waals surface area contributed by atoms with Crippen LogP contribution in [0.5, 0.6) is 0 Å². The van der Waals surface area contributed by atoms with Gasteiger partial charge in [0.15, 0.2) is 0 Å². The van der Waals surface area contributed by atoms with Crippen LogP contribution in [-0.2, 0) is 9.53 Å². The highest BCUT2D eigenvalue weighted by Crippen LogP contribution is 2.18. The number of aliphatic hydroxyl groups is 1. The minimum Gasteiger partial charge on any atom is -0.466 e. The molecule has 2 N–H and O–H groups in total. The zero-order valence-corrected chi connectivity index (χ0v) is 10.0. The molecule has 4 nitrogen and oxygen atoms in total. The molecule has 0 aliphatic rings. The molecule has 0 radical (unpaired) electrons. The maximum atomic E-state index is 11.0. The van der Waals surface area contributed by atoms with E-state index < -0.39 is 0 Å². The van der Waals surface area contributed by atoms with Crippen molar-refractivity contribution in [1.82, 2.24) is 5.32 Å². The van der Waals surface area contributed by atoms with Gasteiger partial charge in [0.1, 0.15) is 0 Å². The number of nitrogens with one attached hydrogen (secondary N) is 1. The molecule has 0 aliphatic carbocycles. The van der Waals surface area contributed by atoms with Crippen LogP contribution in [0.3, 0.4) is 0 Å². The monoisotopic (exact) mass is 217 g/mol. The first-order chi connectivity index (χ1) is 7.08. The fourth-order valence-electron chi connectivity index (χ4n) is 1.11. The van der Waals surface area contributed by atoms with E-state index in [1.807, 2.05) is 13.8 Å². The molecule has 15 heavy (non-hydrogen) atoms. The topological polar surface area (TPSA) is 58.6 Å². The quantitative estimate of drug-likeness (QED) is 0.469. The van der Waals surface area contributed by atoms with Crippen LogP contribution in [0.2, 0.25) is 0 Å². The zero-order chi connectivity index (χ0) is 11.7. The van der Waals surface area contributed by atoms with Crippen LogP contribution in [0.15, 0.2) is 0 Å². The van der Waals surface area contributed by atoms with E-state index >= 15 is 0 Å². The molecule has 0 rings (SSSR count). The van der Waals surface area contributed by atoms with Crippen LogP contribution in [0.1, 0.15) is 33.6 Å². The summed E-state index contributed by atoms with van der Waals surface area (Å²) in [5.41, 5.74) is -0.0886. The summed E-state index contributed by atoms with van der Waals surface area (Å²) in [5, 5.41) is 12.3. The number of ether oxygens (including phenoxy) is 1. The number of hydrogen-bond donors (Lipinski definition) is 2. The van der Waals surface area contributed by atoms with Crippen LogP contribution in [-0.4, -0.2) is 37.4 Å². The van der Waals surface area contributed by atoms with Gasteiger partial charge in [0.25, 0.3) is 0 Å². The Bertz CT molecular complexity index is 179. The van der Waals surface area contributed by atoms with Crippen LogP contribution >= 0.6 is 0 Å². The average Bonchev–Trinajstić information content (AvgIpc) is 2.24. The van der Waals surface area contributed by atoms with Gasteiger partial charge in [-0.25, -0.2) is 0 Å². The fourth-order valence-corrected chi connectivity index (χ4v) is 1.11. The molecule has 0 fully saturated rings. The molecule has 0 saturated heterocycles. The third-order valence-corrected chi connectivity index (χ3v) is 2.60. The number of aliphatic hydroxyl groups excluding tert-OH is 1. The smallest absolute Gasteiger partial charge is 0.307 e. The summed E-state index contributed by atoms with van der Waals surface area (Å²) in [7, 11) is 0. The van der Waals surface area contributed by atoms with Crippen LogP contribution in [0.25, 0.3) is 0 Å². The third kappa shape index (κ3) is 6.47. The summed E-state index contributed by atoms with van der Waals surface area (Å²) >= 11 is 0. The lowest BCUT2D eigenvalue weighted by molar-refractivity contribution is -0.143. The standard InChI is InChI=1S/C11H23NO3/c1-4-11(3,9-13)8-12-7-6-10(14)15-5-2/h12-13H,4-9H2,1-3H3. The van der Waals surface area contributed by atoms with Gasteiger partial charge in [-0.15, -0.1) is 0 Å². The van der Waals surface area contributed by atoms with Gasteiger partial charge in [-0.05, 0) is 13.3 Å². The van der Waals surface area contributed by atoms with Crippen LogP contribution in [0, 0.1) is 5.41 Å². The lowest BCUT2D eigenvalue weighted by Gasteiger charge is -2.25. The number of esters is 1. The lowest BCUT2D eigenvalue weighted by atomic mass is 9.89. The molecule has 0 heterocycles. The summed E-state index contributed by atoms with van der Waals surface area (Å²) in [6.07, 6.45) is 1.30. The molecule has 1 atom stereocenters. The van der Waals surface area contributed by atoms with Crippen LogP contribution in [0.4, 0.5) is 0 Å². The lowest BCUT2D eigenvalue weighted by Crippen LogP contribution is -2.35. The molecule has 0 amide bonds. The van der Waals surface area contributed by atoms with E-state index in [9.17, 15) is 4.79 Å². The number of rotatable bonds is 8. The van der Waals surface area contributed by atoms with Gasteiger partial charge >= 0.3 is 5.97 Å². The van der Waals surface area contributed by atoms with E-state index in [1.165, 1.54) is 0 Å². The van der Waals surface area contributed by atoms with Crippen molar-refractivity contribution in [3.8, 4) is 0 Å². The second-order valence-corrected chi connectivity index (χ2v) is 4.05. The van der Waals surface area contributed by atoms with Gasteiger partial charge < -0.3 is 15.2 Å². The summed E-state index contributed by atoms with van der Waals surface area (Å²) in [6.45, 7) is 7.78. The number of hydrogen-bond acceptors (Lipinski definition) is 4. The second-order valence-electron chi connectivity index (χ2n) is 4.05. The van der Waals surface area contributed by atoms with E-state index in [0.717, 1.165) is 13.0 Å². The summed E-state index contributed by atoms with van der Waals surface area (Å²) in [5.74, 6) is -0.174. The Balaban J connectivity index is 3.57. The number of carbonyl (C=O) groups excluding carboxylic acids is 1. The molecule has 0 aliphatic heterocycles. The van der Waals surface area contributed by atoms with E-state index in [2.05, 4.69) is 5.32 Å². The van der Waals surface area contributed by atoms with E-state index in [-0.39, 0.29) is 18.0 Å². The molecule has 90 valence electrons. The Labute approximate surface area is 92.0 Å². The van der Waals surface area contributed by atoms with Crippen molar-refractivity contribution in [3.05, 3.63) is 0 Å². The minimum absolute atomic E-state index is 0.0886.